The molecule has 1 N–H and O–H groups in total. The number of para-hydroxylation sites is 1. The van der Waals surface area contributed by atoms with Crippen molar-refractivity contribution >= 4 is 0 Å². The van der Waals surface area contributed by atoms with E-state index >= 15 is 0 Å². The minimum atomic E-state index is -0.241. The molecular weight excluding hydrogens is 279 g/mol. The van der Waals surface area contributed by atoms with Gasteiger partial charge in [-0.25, -0.2) is 9.07 Å². The second-order valence-corrected chi connectivity index (χ2v) is 6.43. The average Bonchev–Trinajstić information content (AvgIpc) is 2.75. The third-order valence-corrected chi connectivity index (χ3v) is 4.85. The summed E-state index contributed by atoms with van der Waals surface area (Å²) in [6, 6.07) is 7.37. The fraction of sp³-hybridized carbons (Fsp3) is 0.471. The van der Waals surface area contributed by atoms with E-state index in [1.807, 2.05) is 18.5 Å². The zero-order valence-corrected chi connectivity index (χ0v) is 12.6. The molecule has 0 radical (unpaired) electrons. The normalized spacial score (nSPS) is 25.3. The van der Waals surface area contributed by atoms with Crippen LogP contribution in [-0.2, 0) is 6.54 Å². The maximum Gasteiger partial charge on any atom is 0.148 e. The second kappa shape index (κ2) is 5.82. The van der Waals surface area contributed by atoms with Crippen LogP contribution in [-0.4, -0.2) is 40.4 Å². The lowest BCUT2D eigenvalue weighted by Gasteiger charge is -2.35. The van der Waals surface area contributed by atoms with Crippen molar-refractivity contribution in [2.24, 2.45) is 5.92 Å². The maximum atomic E-state index is 13.8. The molecule has 22 heavy (non-hydrogen) atoms. The first-order valence-electron chi connectivity index (χ1n) is 8.03. The van der Waals surface area contributed by atoms with Gasteiger partial charge in [-0.3, -0.25) is 4.90 Å². The molecule has 4 heterocycles. The fourth-order valence-corrected chi connectivity index (χ4v) is 3.67. The lowest BCUT2D eigenvalue weighted by molar-refractivity contribution is 0.126. The molecule has 3 aliphatic rings. The van der Waals surface area contributed by atoms with E-state index in [1.165, 1.54) is 18.9 Å². The molecule has 5 heteroatoms. The maximum absolute atomic E-state index is 13.8. The predicted octanol–water partition coefficient (Wildman–Crippen LogP) is 2.20. The Kier molecular flexibility index (Phi) is 3.68. The van der Waals surface area contributed by atoms with Gasteiger partial charge >= 0.3 is 0 Å². The molecule has 5 rings (SSSR count). The number of benzene rings is 1. The van der Waals surface area contributed by atoms with Crippen LogP contribution in [0.1, 0.15) is 18.4 Å². The molecule has 3 fully saturated rings. The highest BCUT2D eigenvalue weighted by Crippen LogP contribution is 2.26. The van der Waals surface area contributed by atoms with Gasteiger partial charge in [-0.1, -0.05) is 12.1 Å². The number of nitrogens with one attached hydrogen (secondary N) is 1. The minimum Gasteiger partial charge on any atom is -0.315 e. The molecule has 0 unspecified atom stereocenters. The molecule has 4 nitrogen and oxygen atoms in total. The molecule has 3 aliphatic heterocycles. The summed E-state index contributed by atoms with van der Waals surface area (Å²) in [4.78, 5) is 2.55. The zero-order valence-electron chi connectivity index (χ0n) is 12.6. The predicted molar refractivity (Wildman–Crippen MR) is 83.3 cm³/mol. The number of hydrogen-bond acceptors (Lipinski definition) is 3. The lowest BCUT2D eigenvalue weighted by atomic mass is 9.95. The molecule has 2 atom stereocenters. The smallest absolute Gasteiger partial charge is 0.148 e. The number of hydrogen-bond donors (Lipinski definition) is 1. The van der Waals surface area contributed by atoms with Gasteiger partial charge in [0, 0.05) is 37.4 Å². The van der Waals surface area contributed by atoms with E-state index in [9.17, 15) is 4.39 Å². The zero-order chi connectivity index (χ0) is 14.9. The highest BCUT2D eigenvalue weighted by molar-refractivity contribution is 5.32. The third-order valence-electron chi connectivity index (χ3n) is 4.85. The summed E-state index contributed by atoms with van der Waals surface area (Å²) in [5.74, 6) is 0.524. The van der Waals surface area contributed by atoms with Crippen molar-refractivity contribution in [1.29, 1.82) is 0 Å². The van der Waals surface area contributed by atoms with Crippen LogP contribution in [0.2, 0.25) is 0 Å². The van der Waals surface area contributed by atoms with E-state index in [0.29, 0.717) is 11.7 Å². The van der Waals surface area contributed by atoms with Gasteiger partial charge in [-0.05, 0) is 37.4 Å². The first-order chi connectivity index (χ1) is 10.8. The van der Waals surface area contributed by atoms with Gasteiger partial charge in [0.25, 0.3) is 0 Å². The van der Waals surface area contributed by atoms with E-state index < -0.39 is 0 Å². The number of halogens is 1. The van der Waals surface area contributed by atoms with E-state index in [0.717, 1.165) is 37.7 Å². The monoisotopic (exact) mass is 300 g/mol. The van der Waals surface area contributed by atoms with Gasteiger partial charge in [0.2, 0.25) is 0 Å². The first-order valence-corrected chi connectivity index (χ1v) is 8.03. The van der Waals surface area contributed by atoms with Crippen LogP contribution < -0.4 is 5.32 Å². The Balaban J connectivity index is 1.52. The van der Waals surface area contributed by atoms with Crippen molar-refractivity contribution in [3.8, 4) is 5.69 Å². The summed E-state index contributed by atoms with van der Waals surface area (Å²) in [6.45, 7) is 4.28. The first kappa shape index (κ1) is 13.9. The summed E-state index contributed by atoms with van der Waals surface area (Å²) >= 11 is 0. The van der Waals surface area contributed by atoms with Crippen LogP contribution in [0.15, 0.2) is 36.7 Å². The summed E-state index contributed by atoms with van der Waals surface area (Å²) in [5, 5.41) is 7.88. The summed E-state index contributed by atoms with van der Waals surface area (Å²) in [6.07, 6.45) is 6.42. The Bertz CT molecular complexity index is 650. The van der Waals surface area contributed by atoms with Crippen molar-refractivity contribution in [2.45, 2.75) is 25.4 Å². The van der Waals surface area contributed by atoms with Gasteiger partial charge in [-0.15, -0.1) is 0 Å². The van der Waals surface area contributed by atoms with Crippen molar-refractivity contribution in [3.63, 3.8) is 0 Å². The number of aromatic nitrogens is 2. The van der Waals surface area contributed by atoms with Gasteiger partial charge in [-0.2, -0.15) is 5.10 Å². The number of rotatable bonds is 3. The minimum absolute atomic E-state index is 0.241. The number of nitrogens with zero attached hydrogens (tertiary/aromatic N) is 3. The van der Waals surface area contributed by atoms with Crippen LogP contribution in [0.4, 0.5) is 4.39 Å². The lowest BCUT2D eigenvalue weighted by Crippen LogP contribution is -2.42. The van der Waals surface area contributed by atoms with Crippen molar-refractivity contribution in [3.05, 3.63) is 48.0 Å². The summed E-state index contributed by atoms with van der Waals surface area (Å²) < 4.78 is 15.5. The van der Waals surface area contributed by atoms with Gasteiger partial charge in [0.1, 0.15) is 11.5 Å². The average molecular weight is 300 g/mol. The van der Waals surface area contributed by atoms with Crippen LogP contribution in [0.3, 0.4) is 0 Å². The van der Waals surface area contributed by atoms with Crippen LogP contribution in [0.25, 0.3) is 5.69 Å². The third kappa shape index (κ3) is 2.66. The summed E-state index contributed by atoms with van der Waals surface area (Å²) in [5.41, 5.74) is 1.66. The molecule has 2 bridgehead atoms. The van der Waals surface area contributed by atoms with Crippen LogP contribution >= 0.6 is 0 Å². The van der Waals surface area contributed by atoms with E-state index in [1.54, 1.807) is 16.8 Å². The van der Waals surface area contributed by atoms with Crippen molar-refractivity contribution < 1.29 is 4.39 Å². The Hall–Kier alpha value is -1.72. The Morgan fingerprint density at radius 3 is 3.05 bits per heavy atom. The molecule has 2 aromatic rings. The Morgan fingerprint density at radius 1 is 1.23 bits per heavy atom. The molecule has 0 saturated carbocycles. The van der Waals surface area contributed by atoms with E-state index in [-0.39, 0.29) is 5.82 Å². The molecule has 3 saturated heterocycles. The van der Waals surface area contributed by atoms with E-state index in [4.69, 9.17) is 0 Å². The number of piperidine rings is 1. The summed E-state index contributed by atoms with van der Waals surface area (Å²) in [7, 11) is 0. The van der Waals surface area contributed by atoms with E-state index in [2.05, 4.69) is 15.3 Å². The van der Waals surface area contributed by atoms with Crippen LogP contribution in [0, 0.1) is 11.7 Å². The second-order valence-electron chi connectivity index (χ2n) is 6.43. The van der Waals surface area contributed by atoms with Crippen LogP contribution in [0.5, 0.6) is 0 Å². The standard InChI is InChI=1S/C17H21FN4/c18-16-3-1-2-4-17(16)22-12-14(8-20-22)11-21-10-13-5-6-15(21)9-19-7-13/h1-4,8,12-13,15,19H,5-7,9-11H2/t13-,15+/m0/s1. The topological polar surface area (TPSA) is 33.1 Å². The number of fused-ring (bicyclic) bond motifs is 4. The Labute approximate surface area is 129 Å². The Morgan fingerprint density at radius 2 is 2.14 bits per heavy atom. The van der Waals surface area contributed by atoms with Crippen molar-refractivity contribution in [1.82, 2.24) is 20.0 Å². The molecule has 116 valence electrons. The molecule has 0 aliphatic carbocycles. The van der Waals surface area contributed by atoms with Gasteiger partial charge in [0.05, 0.1) is 6.20 Å². The fourth-order valence-electron chi connectivity index (χ4n) is 3.67. The molecule has 1 aromatic carbocycles. The molecule has 0 amide bonds. The van der Waals surface area contributed by atoms with Gasteiger partial charge < -0.3 is 5.32 Å². The SMILES string of the molecule is Fc1ccccc1-n1cc(CN2C[C@H]3CC[C@@H]2CNC3)cn1. The highest BCUT2D eigenvalue weighted by Gasteiger charge is 2.31. The molecule has 0 spiro atoms. The molecular formula is C17H21FN4. The quantitative estimate of drug-likeness (QED) is 0.943. The highest BCUT2D eigenvalue weighted by atomic mass is 19.1. The molecule has 1 aromatic heterocycles. The largest absolute Gasteiger partial charge is 0.315 e. The van der Waals surface area contributed by atoms with Crippen molar-refractivity contribution in [2.75, 3.05) is 19.6 Å². The van der Waals surface area contributed by atoms with Gasteiger partial charge in [0.15, 0.2) is 0 Å².